The van der Waals surface area contributed by atoms with E-state index in [4.69, 9.17) is 5.73 Å². The molecule has 0 spiro atoms. The standard InChI is InChI=1S/C15H30N2O/c1-4-11(3)14(16)15(18)17-10-13-8-6-12(5-2)7-9-13/h11-14H,4-10,16H2,1-3H3,(H,17,18)/t11?,12?,13?,14-/m0/s1. The van der Waals surface area contributed by atoms with Gasteiger partial charge in [0.15, 0.2) is 0 Å². The molecule has 0 bridgehead atoms. The van der Waals surface area contributed by atoms with Crippen molar-refractivity contribution < 1.29 is 4.79 Å². The summed E-state index contributed by atoms with van der Waals surface area (Å²) in [5, 5.41) is 3.04. The molecule has 1 aliphatic rings. The first-order valence-electron chi connectivity index (χ1n) is 7.61. The van der Waals surface area contributed by atoms with Gasteiger partial charge in [0.05, 0.1) is 6.04 Å². The van der Waals surface area contributed by atoms with Crippen LogP contribution in [-0.2, 0) is 4.79 Å². The Morgan fingerprint density at radius 1 is 1.22 bits per heavy atom. The van der Waals surface area contributed by atoms with Gasteiger partial charge < -0.3 is 11.1 Å². The van der Waals surface area contributed by atoms with Crippen molar-refractivity contribution in [2.75, 3.05) is 6.54 Å². The van der Waals surface area contributed by atoms with Gasteiger partial charge in [-0.25, -0.2) is 0 Å². The summed E-state index contributed by atoms with van der Waals surface area (Å²) in [5.41, 5.74) is 5.92. The third kappa shape index (κ3) is 4.60. The molecule has 1 amide bonds. The maximum absolute atomic E-state index is 11.9. The number of hydrogen-bond acceptors (Lipinski definition) is 2. The normalized spacial score (nSPS) is 27.6. The molecule has 1 saturated carbocycles. The third-order valence-corrected chi connectivity index (χ3v) is 4.67. The van der Waals surface area contributed by atoms with Gasteiger partial charge in [-0.2, -0.15) is 0 Å². The van der Waals surface area contributed by atoms with Crippen LogP contribution in [0.1, 0.15) is 59.3 Å². The summed E-state index contributed by atoms with van der Waals surface area (Å²) in [6, 6.07) is -0.345. The molecule has 18 heavy (non-hydrogen) atoms. The number of hydrogen-bond donors (Lipinski definition) is 2. The second-order valence-electron chi connectivity index (χ2n) is 5.95. The number of carbonyl (C=O) groups is 1. The molecule has 106 valence electrons. The van der Waals surface area contributed by atoms with E-state index in [0.29, 0.717) is 5.92 Å². The van der Waals surface area contributed by atoms with Gasteiger partial charge in [-0.1, -0.05) is 46.5 Å². The zero-order valence-corrected chi connectivity index (χ0v) is 12.2. The highest BCUT2D eigenvalue weighted by molar-refractivity contribution is 5.81. The van der Waals surface area contributed by atoms with Gasteiger partial charge >= 0.3 is 0 Å². The molecule has 1 rings (SSSR count). The minimum atomic E-state index is -0.345. The summed E-state index contributed by atoms with van der Waals surface area (Å²) in [6.07, 6.45) is 7.44. The second-order valence-corrected chi connectivity index (χ2v) is 5.95. The first-order chi connectivity index (χ1) is 8.58. The Morgan fingerprint density at radius 3 is 2.28 bits per heavy atom. The van der Waals surface area contributed by atoms with Crippen LogP contribution in [0.15, 0.2) is 0 Å². The van der Waals surface area contributed by atoms with Crippen LogP contribution in [0.25, 0.3) is 0 Å². The average Bonchev–Trinajstić information content (AvgIpc) is 2.43. The molecule has 0 saturated heterocycles. The Bertz CT molecular complexity index is 247. The Kier molecular flexibility index (Phi) is 6.69. The molecular formula is C15H30N2O. The fourth-order valence-electron chi connectivity index (χ4n) is 2.72. The lowest BCUT2D eigenvalue weighted by Gasteiger charge is -2.28. The summed E-state index contributed by atoms with van der Waals surface area (Å²) >= 11 is 0. The van der Waals surface area contributed by atoms with Crippen molar-refractivity contribution in [3.63, 3.8) is 0 Å². The Hall–Kier alpha value is -0.570. The first kappa shape index (κ1) is 15.5. The largest absolute Gasteiger partial charge is 0.354 e. The van der Waals surface area contributed by atoms with E-state index in [9.17, 15) is 4.79 Å². The van der Waals surface area contributed by atoms with E-state index in [1.807, 2.05) is 6.92 Å². The lowest BCUT2D eigenvalue weighted by Crippen LogP contribution is -2.46. The quantitative estimate of drug-likeness (QED) is 0.765. The molecule has 1 fully saturated rings. The molecule has 0 radical (unpaired) electrons. The van der Waals surface area contributed by atoms with Gasteiger partial charge in [-0.05, 0) is 30.6 Å². The number of nitrogens with two attached hydrogens (primary N) is 1. The highest BCUT2D eigenvalue weighted by Crippen LogP contribution is 2.30. The van der Waals surface area contributed by atoms with E-state index in [1.54, 1.807) is 0 Å². The topological polar surface area (TPSA) is 55.1 Å². The summed E-state index contributed by atoms with van der Waals surface area (Å²) in [6.45, 7) is 7.21. The Balaban J connectivity index is 2.23. The lowest BCUT2D eigenvalue weighted by atomic mass is 9.81. The van der Waals surface area contributed by atoms with Crippen LogP contribution in [-0.4, -0.2) is 18.5 Å². The van der Waals surface area contributed by atoms with Crippen molar-refractivity contribution in [3.05, 3.63) is 0 Å². The molecule has 1 unspecified atom stereocenters. The lowest BCUT2D eigenvalue weighted by molar-refractivity contribution is -0.123. The van der Waals surface area contributed by atoms with Crippen LogP contribution < -0.4 is 11.1 Å². The maximum atomic E-state index is 11.9. The van der Waals surface area contributed by atoms with E-state index in [1.165, 1.54) is 32.1 Å². The Labute approximate surface area is 112 Å². The zero-order chi connectivity index (χ0) is 13.5. The van der Waals surface area contributed by atoms with Gasteiger partial charge in [-0.15, -0.1) is 0 Å². The zero-order valence-electron chi connectivity index (χ0n) is 12.2. The molecule has 0 aromatic rings. The minimum Gasteiger partial charge on any atom is -0.354 e. The number of rotatable bonds is 6. The third-order valence-electron chi connectivity index (χ3n) is 4.67. The summed E-state index contributed by atoms with van der Waals surface area (Å²) in [5.74, 6) is 1.88. The average molecular weight is 254 g/mol. The fraction of sp³-hybridized carbons (Fsp3) is 0.933. The van der Waals surface area contributed by atoms with Gasteiger partial charge in [-0.3, -0.25) is 4.79 Å². The summed E-state index contributed by atoms with van der Waals surface area (Å²) < 4.78 is 0. The predicted octanol–water partition coefficient (Wildman–Crippen LogP) is 2.69. The molecule has 0 aromatic heterocycles. The minimum absolute atomic E-state index is 0.0296. The van der Waals surface area contributed by atoms with Crippen molar-refractivity contribution in [1.29, 1.82) is 0 Å². The Morgan fingerprint density at radius 2 is 1.78 bits per heavy atom. The molecule has 3 N–H and O–H groups in total. The molecule has 3 heteroatoms. The van der Waals surface area contributed by atoms with Crippen LogP contribution in [0.4, 0.5) is 0 Å². The monoisotopic (exact) mass is 254 g/mol. The van der Waals surface area contributed by atoms with Crippen molar-refractivity contribution in [1.82, 2.24) is 5.32 Å². The molecule has 0 aliphatic heterocycles. The van der Waals surface area contributed by atoms with E-state index in [-0.39, 0.29) is 17.9 Å². The molecule has 0 aromatic carbocycles. The van der Waals surface area contributed by atoms with Gasteiger partial charge in [0.25, 0.3) is 0 Å². The number of nitrogens with one attached hydrogen (secondary N) is 1. The molecule has 1 aliphatic carbocycles. The predicted molar refractivity (Wildman–Crippen MR) is 76.2 cm³/mol. The van der Waals surface area contributed by atoms with Crippen molar-refractivity contribution in [3.8, 4) is 0 Å². The fourth-order valence-corrected chi connectivity index (χ4v) is 2.72. The van der Waals surface area contributed by atoms with Gasteiger partial charge in [0, 0.05) is 6.54 Å². The number of amides is 1. The van der Waals surface area contributed by atoms with Crippen LogP contribution >= 0.6 is 0 Å². The van der Waals surface area contributed by atoms with Gasteiger partial charge in [0.2, 0.25) is 5.91 Å². The van der Waals surface area contributed by atoms with Crippen LogP contribution in [0, 0.1) is 17.8 Å². The highest BCUT2D eigenvalue weighted by Gasteiger charge is 2.23. The van der Waals surface area contributed by atoms with E-state index in [0.717, 1.165) is 18.9 Å². The van der Waals surface area contributed by atoms with E-state index in [2.05, 4.69) is 19.2 Å². The molecule has 2 atom stereocenters. The second kappa shape index (κ2) is 7.78. The van der Waals surface area contributed by atoms with E-state index >= 15 is 0 Å². The smallest absolute Gasteiger partial charge is 0.237 e. The number of carbonyl (C=O) groups excluding carboxylic acids is 1. The molecule has 0 heterocycles. The highest BCUT2D eigenvalue weighted by atomic mass is 16.2. The van der Waals surface area contributed by atoms with Crippen molar-refractivity contribution in [2.45, 2.75) is 65.3 Å². The summed E-state index contributed by atoms with van der Waals surface area (Å²) in [4.78, 5) is 11.9. The van der Waals surface area contributed by atoms with Crippen LogP contribution in [0.5, 0.6) is 0 Å². The van der Waals surface area contributed by atoms with Crippen molar-refractivity contribution in [2.24, 2.45) is 23.5 Å². The molecular weight excluding hydrogens is 224 g/mol. The van der Waals surface area contributed by atoms with Crippen LogP contribution in [0.3, 0.4) is 0 Å². The van der Waals surface area contributed by atoms with E-state index < -0.39 is 0 Å². The van der Waals surface area contributed by atoms with Crippen molar-refractivity contribution >= 4 is 5.91 Å². The SMILES string of the molecule is CCC1CCC(CNC(=O)[C@@H](N)C(C)CC)CC1. The molecule has 3 nitrogen and oxygen atoms in total. The first-order valence-corrected chi connectivity index (χ1v) is 7.61. The maximum Gasteiger partial charge on any atom is 0.237 e. The van der Waals surface area contributed by atoms with Gasteiger partial charge in [0.1, 0.15) is 0 Å². The summed E-state index contributed by atoms with van der Waals surface area (Å²) in [7, 11) is 0. The van der Waals surface area contributed by atoms with Crippen LogP contribution in [0.2, 0.25) is 0 Å².